The van der Waals surface area contributed by atoms with Gasteiger partial charge in [0.05, 0.1) is 0 Å². The van der Waals surface area contributed by atoms with E-state index in [0.717, 1.165) is 31.1 Å². The summed E-state index contributed by atoms with van der Waals surface area (Å²) in [6.45, 7) is 7.32. The minimum atomic E-state index is 0.319. The van der Waals surface area contributed by atoms with Crippen molar-refractivity contribution in [2.24, 2.45) is 29.4 Å². The van der Waals surface area contributed by atoms with E-state index in [0.29, 0.717) is 30.6 Å². The van der Waals surface area contributed by atoms with Gasteiger partial charge >= 0.3 is 0 Å². The molecule has 1 fully saturated rings. The highest BCUT2D eigenvalue weighted by Crippen LogP contribution is 2.34. The number of ketones is 1. The molecule has 0 amide bonds. The maximum Gasteiger partial charge on any atom is 0.136 e. The Balaban J connectivity index is 2.46. The molecule has 1 aliphatic rings. The van der Waals surface area contributed by atoms with E-state index in [4.69, 9.17) is 5.73 Å². The van der Waals surface area contributed by atoms with Gasteiger partial charge in [-0.15, -0.1) is 0 Å². The van der Waals surface area contributed by atoms with Crippen LogP contribution in [-0.4, -0.2) is 12.3 Å². The number of nitrogens with two attached hydrogens (primary N) is 1. The highest BCUT2D eigenvalue weighted by molar-refractivity contribution is 5.81. The first-order chi connectivity index (χ1) is 7.56. The van der Waals surface area contributed by atoms with Crippen molar-refractivity contribution < 1.29 is 4.79 Å². The third-order valence-electron chi connectivity index (χ3n) is 4.03. The largest absolute Gasteiger partial charge is 0.330 e. The lowest BCUT2D eigenvalue weighted by Crippen LogP contribution is -2.28. The van der Waals surface area contributed by atoms with Crippen LogP contribution in [0.3, 0.4) is 0 Å². The van der Waals surface area contributed by atoms with Gasteiger partial charge in [0.15, 0.2) is 0 Å². The molecule has 0 aliphatic heterocycles. The van der Waals surface area contributed by atoms with Crippen LogP contribution in [0.4, 0.5) is 0 Å². The summed E-state index contributed by atoms with van der Waals surface area (Å²) in [5.41, 5.74) is 5.66. The molecule has 0 aromatic carbocycles. The normalized spacial score (nSPS) is 32.4. The number of carbonyl (C=O) groups excluding carboxylic acids is 1. The molecular weight excluding hydrogens is 198 g/mol. The number of carbonyl (C=O) groups is 1. The summed E-state index contributed by atoms with van der Waals surface area (Å²) >= 11 is 0. The van der Waals surface area contributed by atoms with Gasteiger partial charge in [-0.05, 0) is 43.6 Å². The van der Waals surface area contributed by atoms with Gasteiger partial charge in [-0.25, -0.2) is 0 Å². The van der Waals surface area contributed by atoms with Gasteiger partial charge < -0.3 is 5.73 Å². The fraction of sp³-hybridized carbons (Fsp3) is 0.929. The maximum absolute atomic E-state index is 12.2. The Bertz CT molecular complexity index is 213. The van der Waals surface area contributed by atoms with Gasteiger partial charge in [-0.3, -0.25) is 4.79 Å². The molecule has 0 aromatic rings. The Morgan fingerprint density at radius 2 is 1.81 bits per heavy atom. The summed E-state index contributed by atoms with van der Waals surface area (Å²) in [6.07, 6.45) is 5.23. The molecule has 3 atom stereocenters. The van der Waals surface area contributed by atoms with Crippen LogP contribution < -0.4 is 5.73 Å². The molecule has 0 aromatic heterocycles. The third kappa shape index (κ3) is 3.89. The highest BCUT2D eigenvalue weighted by Gasteiger charge is 2.29. The van der Waals surface area contributed by atoms with E-state index >= 15 is 0 Å². The summed E-state index contributed by atoms with van der Waals surface area (Å²) in [7, 11) is 0. The molecule has 1 saturated carbocycles. The van der Waals surface area contributed by atoms with Gasteiger partial charge in [0, 0.05) is 12.3 Å². The fourth-order valence-corrected chi connectivity index (χ4v) is 3.06. The monoisotopic (exact) mass is 225 g/mol. The quantitative estimate of drug-likeness (QED) is 0.781. The first kappa shape index (κ1) is 13.7. The number of hydrogen-bond donors (Lipinski definition) is 1. The van der Waals surface area contributed by atoms with E-state index in [-0.39, 0.29) is 0 Å². The Kier molecular flexibility index (Phi) is 5.47. The zero-order chi connectivity index (χ0) is 12.1. The predicted octanol–water partition coefficient (Wildman–Crippen LogP) is 3.00. The van der Waals surface area contributed by atoms with Crippen LogP contribution in [0.15, 0.2) is 0 Å². The fourth-order valence-electron chi connectivity index (χ4n) is 3.06. The lowest BCUT2D eigenvalue weighted by atomic mass is 9.74. The lowest BCUT2D eigenvalue weighted by Gasteiger charge is -2.31. The topological polar surface area (TPSA) is 43.1 Å². The van der Waals surface area contributed by atoms with Crippen molar-refractivity contribution in [1.29, 1.82) is 0 Å². The number of Topliss-reactive ketones (excluding diaryl/α,β-unsaturated/α-hetero) is 1. The highest BCUT2D eigenvalue weighted by atomic mass is 16.1. The van der Waals surface area contributed by atoms with Crippen LogP contribution >= 0.6 is 0 Å². The standard InChI is InChI=1S/C14H27NO/c1-4-12(9-15)8-14(16)13-6-10(2)5-11(3)7-13/h10-13H,4-9,15H2,1-3H3. The van der Waals surface area contributed by atoms with Crippen LogP contribution in [0.1, 0.15) is 52.9 Å². The van der Waals surface area contributed by atoms with Gasteiger partial charge in [0.2, 0.25) is 0 Å². The first-order valence-electron chi connectivity index (χ1n) is 6.79. The third-order valence-corrected chi connectivity index (χ3v) is 4.03. The molecule has 3 unspecified atom stereocenters. The van der Waals surface area contributed by atoms with E-state index in [1.165, 1.54) is 6.42 Å². The summed E-state index contributed by atoms with van der Waals surface area (Å²) in [6, 6.07) is 0. The molecule has 0 saturated heterocycles. The zero-order valence-corrected chi connectivity index (χ0v) is 11.0. The Morgan fingerprint density at radius 3 is 2.25 bits per heavy atom. The van der Waals surface area contributed by atoms with Crippen LogP contribution in [0.2, 0.25) is 0 Å². The van der Waals surface area contributed by atoms with E-state index in [2.05, 4.69) is 20.8 Å². The van der Waals surface area contributed by atoms with E-state index < -0.39 is 0 Å². The van der Waals surface area contributed by atoms with Crippen molar-refractivity contribution >= 4 is 5.78 Å². The van der Waals surface area contributed by atoms with Crippen LogP contribution in [-0.2, 0) is 4.79 Å². The molecule has 2 N–H and O–H groups in total. The Labute approximate surface area is 100.0 Å². The van der Waals surface area contributed by atoms with Crippen molar-refractivity contribution in [3.05, 3.63) is 0 Å². The smallest absolute Gasteiger partial charge is 0.136 e. The van der Waals surface area contributed by atoms with Crippen molar-refractivity contribution in [2.75, 3.05) is 6.54 Å². The average molecular weight is 225 g/mol. The molecule has 1 aliphatic carbocycles. The lowest BCUT2D eigenvalue weighted by molar-refractivity contribution is -0.125. The van der Waals surface area contributed by atoms with Gasteiger partial charge in [-0.2, -0.15) is 0 Å². The van der Waals surface area contributed by atoms with Gasteiger partial charge in [0.25, 0.3) is 0 Å². The summed E-state index contributed by atoms with van der Waals surface area (Å²) in [5, 5.41) is 0. The first-order valence-corrected chi connectivity index (χ1v) is 6.79. The minimum Gasteiger partial charge on any atom is -0.330 e. The van der Waals surface area contributed by atoms with Crippen molar-refractivity contribution in [1.82, 2.24) is 0 Å². The van der Waals surface area contributed by atoms with Gasteiger partial charge in [0.1, 0.15) is 5.78 Å². The van der Waals surface area contributed by atoms with E-state index in [1.807, 2.05) is 0 Å². The van der Waals surface area contributed by atoms with Crippen molar-refractivity contribution in [3.63, 3.8) is 0 Å². The zero-order valence-electron chi connectivity index (χ0n) is 11.0. The molecule has 1 rings (SSSR count). The summed E-state index contributed by atoms with van der Waals surface area (Å²) < 4.78 is 0. The van der Waals surface area contributed by atoms with Crippen molar-refractivity contribution in [3.8, 4) is 0 Å². The van der Waals surface area contributed by atoms with Gasteiger partial charge in [-0.1, -0.05) is 27.2 Å². The predicted molar refractivity (Wildman–Crippen MR) is 68.1 cm³/mol. The van der Waals surface area contributed by atoms with Crippen LogP contribution in [0.25, 0.3) is 0 Å². The second kappa shape index (κ2) is 6.39. The SMILES string of the molecule is CCC(CN)CC(=O)C1CC(C)CC(C)C1. The second-order valence-corrected chi connectivity index (χ2v) is 5.79. The molecule has 0 heterocycles. The molecular formula is C14H27NO. The molecule has 2 nitrogen and oxygen atoms in total. The van der Waals surface area contributed by atoms with Crippen LogP contribution in [0, 0.1) is 23.7 Å². The number of hydrogen-bond acceptors (Lipinski definition) is 2. The summed E-state index contributed by atoms with van der Waals surface area (Å²) in [5.74, 6) is 2.63. The second-order valence-electron chi connectivity index (χ2n) is 5.79. The Morgan fingerprint density at radius 1 is 1.25 bits per heavy atom. The Hall–Kier alpha value is -0.370. The van der Waals surface area contributed by atoms with E-state index in [1.54, 1.807) is 0 Å². The van der Waals surface area contributed by atoms with Crippen molar-refractivity contribution in [2.45, 2.75) is 52.9 Å². The van der Waals surface area contributed by atoms with E-state index in [9.17, 15) is 4.79 Å². The molecule has 0 bridgehead atoms. The molecule has 2 heteroatoms. The maximum atomic E-state index is 12.2. The average Bonchev–Trinajstić information content (AvgIpc) is 2.24. The molecule has 16 heavy (non-hydrogen) atoms. The van der Waals surface area contributed by atoms with Crippen LogP contribution in [0.5, 0.6) is 0 Å². The molecule has 94 valence electrons. The molecule has 0 spiro atoms. The summed E-state index contributed by atoms with van der Waals surface area (Å²) in [4.78, 5) is 12.2. The molecule has 0 radical (unpaired) electrons. The number of rotatable bonds is 5. The minimum absolute atomic E-state index is 0.319.